The van der Waals surface area contributed by atoms with Crippen LogP contribution >= 0.6 is 0 Å². The van der Waals surface area contributed by atoms with Crippen LogP contribution in [0.2, 0.25) is 0 Å². The van der Waals surface area contributed by atoms with E-state index < -0.39 is 11.7 Å². The minimum Gasteiger partial charge on any atom is -0.336 e. The molecule has 3 nitrogen and oxygen atoms in total. The molecule has 84 valence electrons. The smallest absolute Gasteiger partial charge is 0.177 e. The highest BCUT2D eigenvalue weighted by atomic mass is 32.1. The summed E-state index contributed by atoms with van der Waals surface area (Å²) in [7, 11) is 1.67. The summed E-state index contributed by atoms with van der Waals surface area (Å²) in [5.41, 5.74) is 0.539. The van der Waals surface area contributed by atoms with Gasteiger partial charge in [-0.3, -0.25) is 4.79 Å². The van der Waals surface area contributed by atoms with Gasteiger partial charge in [-0.05, 0) is 19.1 Å². The number of hydrogen-bond acceptors (Lipinski definition) is 2. The second kappa shape index (κ2) is 3.83. The van der Waals surface area contributed by atoms with Gasteiger partial charge in [0, 0.05) is 7.05 Å². The Labute approximate surface area is 95.9 Å². The molecule has 1 aliphatic rings. The van der Waals surface area contributed by atoms with Crippen LogP contribution in [0.3, 0.4) is 0 Å². The Bertz CT molecular complexity index is 523. The highest BCUT2D eigenvalue weighted by Gasteiger charge is 2.34. The van der Waals surface area contributed by atoms with Gasteiger partial charge in [-0.25, -0.2) is 8.60 Å². The maximum atomic E-state index is 13.6. The van der Waals surface area contributed by atoms with E-state index in [0.717, 1.165) is 0 Å². The van der Waals surface area contributed by atoms with Crippen LogP contribution in [0.25, 0.3) is 0 Å². The van der Waals surface area contributed by atoms with Crippen LogP contribution in [0.15, 0.2) is 18.2 Å². The van der Waals surface area contributed by atoms with Crippen molar-refractivity contribution in [1.29, 1.82) is 0 Å². The zero-order valence-corrected chi connectivity index (χ0v) is 9.68. The lowest BCUT2D eigenvalue weighted by atomic mass is 9.92. The highest BCUT2D eigenvalue weighted by molar-refractivity contribution is 7.66. The topological polar surface area (TPSA) is 37.4 Å². The average molecular weight is 239 g/mol. The predicted octanol–water partition coefficient (Wildman–Crippen LogP) is 1.44. The third kappa shape index (κ3) is 1.39. The number of hydrogen-bond donors (Lipinski definition) is 0. The van der Waals surface area contributed by atoms with Crippen molar-refractivity contribution >= 4 is 27.7 Å². The second-order valence-electron chi connectivity index (χ2n) is 3.70. The number of Topliss-reactive ketones (excluding diaryl/α,β-unsaturated/α-hetero) is 1. The van der Waals surface area contributed by atoms with Crippen LogP contribution in [0.5, 0.6) is 0 Å². The molecule has 0 saturated heterocycles. The molecule has 0 aromatic heterocycles. The number of nitrogens with zero attached hydrogens (tertiary/aromatic N) is 1. The molecular formula is C11H10FNO2S. The quantitative estimate of drug-likeness (QED) is 0.643. The number of halogens is 1. The Morgan fingerprint density at radius 1 is 1.44 bits per heavy atom. The van der Waals surface area contributed by atoms with Gasteiger partial charge in [-0.15, -0.1) is 0 Å². The van der Waals surface area contributed by atoms with Crippen molar-refractivity contribution in [2.24, 2.45) is 5.92 Å². The molecule has 0 fully saturated rings. The molecule has 1 aromatic carbocycles. The summed E-state index contributed by atoms with van der Waals surface area (Å²) in [4.78, 5) is 13.9. The SMILES string of the molecule is CC1C(=O)c2c(F)cccc2N(C)C1=S=O. The first-order valence-electron chi connectivity index (χ1n) is 4.81. The van der Waals surface area contributed by atoms with Crippen molar-refractivity contribution in [3.05, 3.63) is 29.6 Å². The summed E-state index contributed by atoms with van der Waals surface area (Å²) in [6.07, 6.45) is 0. The van der Waals surface area contributed by atoms with Gasteiger partial charge >= 0.3 is 0 Å². The summed E-state index contributed by atoms with van der Waals surface area (Å²) in [6.45, 7) is 1.62. The number of fused-ring (bicyclic) bond motifs is 1. The van der Waals surface area contributed by atoms with Gasteiger partial charge in [-0.1, -0.05) is 6.07 Å². The van der Waals surface area contributed by atoms with Crippen molar-refractivity contribution in [2.75, 3.05) is 11.9 Å². The molecule has 0 amide bonds. The fourth-order valence-electron chi connectivity index (χ4n) is 1.90. The van der Waals surface area contributed by atoms with E-state index in [2.05, 4.69) is 0 Å². The Kier molecular flexibility index (Phi) is 2.63. The molecule has 2 rings (SSSR count). The lowest BCUT2D eigenvalue weighted by Gasteiger charge is -2.30. The van der Waals surface area contributed by atoms with Gasteiger partial charge in [0.25, 0.3) is 0 Å². The molecule has 1 aliphatic heterocycles. The molecule has 5 heteroatoms. The number of benzene rings is 1. The number of rotatable bonds is 0. The Hall–Kier alpha value is -1.49. The monoisotopic (exact) mass is 239 g/mol. The van der Waals surface area contributed by atoms with E-state index in [4.69, 9.17) is 0 Å². The van der Waals surface area contributed by atoms with E-state index in [0.29, 0.717) is 10.7 Å². The number of ketones is 1. The van der Waals surface area contributed by atoms with E-state index in [1.54, 1.807) is 24.9 Å². The maximum absolute atomic E-state index is 13.6. The summed E-state index contributed by atoms with van der Waals surface area (Å²) in [5, 5.41) is 0. The van der Waals surface area contributed by atoms with Crippen LogP contribution in [-0.4, -0.2) is 22.0 Å². The lowest BCUT2D eigenvalue weighted by Crippen LogP contribution is -2.41. The molecule has 1 unspecified atom stereocenters. The van der Waals surface area contributed by atoms with Crippen LogP contribution in [0.4, 0.5) is 10.1 Å². The Balaban J connectivity index is 2.74. The van der Waals surface area contributed by atoms with Crippen molar-refractivity contribution < 1.29 is 13.4 Å². The largest absolute Gasteiger partial charge is 0.336 e. The minimum absolute atomic E-state index is 0.0790. The first-order chi connectivity index (χ1) is 7.57. The number of anilines is 1. The summed E-state index contributed by atoms with van der Waals surface area (Å²) < 4.78 is 24.5. The normalized spacial score (nSPS) is 19.7. The Morgan fingerprint density at radius 3 is 2.75 bits per heavy atom. The molecule has 16 heavy (non-hydrogen) atoms. The zero-order chi connectivity index (χ0) is 11.9. The third-order valence-electron chi connectivity index (χ3n) is 2.78. The van der Waals surface area contributed by atoms with E-state index >= 15 is 0 Å². The van der Waals surface area contributed by atoms with E-state index in [1.165, 1.54) is 12.1 Å². The summed E-state index contributed by atoms with van der Waals surface area (Å²) >= 11 is 0.284. The van der Waals surface area contributed by atoms with Gasteiger partial charge in [0.15, 0.2) is 5.78 Å². The molecule has 0 radical (unpaired) electrons. The minimum atomic E-state index is -0.572. The molecule has 0 N–H and O–H groups in total. The highest BCUT2D eigenvalue weighted by Crippen LogP contribution is 2.31. The molecule has 1 atom stereocenters. The van der Waals surface area contributed by atoms with E-state index in [-0.39, 0.29) is 22.6 Å². The summed E-state index contributed by atoms with van der Waals surface area (Å²) in [6, 6.07) is 4.42. The van der Waals surface area contributed by atoms with Gasteiger partial charge < -0.3 is 4.90 Å². The van der Waals surface area contributed by atoms with Gasteiger partial charge in [0.05, 0.1) is 17.2 Å². The van der Waals surface area contributed by atoms with Crippen molar-refractivity contribution in [3.63, 3.8) is 0 Å². The molecule has 1 heterocycles. The predicted molar refractivity (Wildman–Crippen MR) is 61.4 cm³/mol. The lowest BCUT2D eigenvalue weighted by molar-refractivity contribution is 0.0955. The van der Waals surface area contributed by atoms with Gasteiger partial charge in [-0.2, -0.15) is 0 Å². The summed E-state index contributed by atoms with van der Waals surface area (Å²) in [5.74, 6) is -1.43. The standard InChI is InChI=1S/C11H10FNO2S/c1-6-10(14)9-7(12)4-3-5-8(9)13(2)11(6)16-15/h3-6H,1-2H3. The van der Waals surface area contributed by atoms with Crippen molar-refractivity contribution in [2.45, 2.75) is 6.92 Å². The number of carbonyl (C=O) groups is 1. The van der Waals surface area contributed by atoms with Gasteiger partial charge in [0.2, 0.25) is 0 Å². The first-order valence-corrected chi connectivity index (χ1v) is 5.55. The van der Waals surface area contributed by atoms with Crippen LogP contribution in [0, 0.1) is 11.7 Å². The van der Waals surface area contributed by atoms with E-state index in [9.17, 15) is 13.4 Å². The van der Waals surface area contributed by atoms with Gasteiger partial charge in [0.1, 0.15) is 22.1 Å². The molecule has 0 bridgehead atoms. The molecule has 0 aliphatic carbocycles. The number of carbonyl (C=O) groups excluding carboxylic acids is 1. The maximum Gasteiger partial charge on any atom is 0.177 e. The fraction of sp³-hybridized carbons (Fsp3) is 0.273. The average Bonchev–Trinajstić information content (AvgIpc) is 2.27. The molecule has 1 aromatic rings. The zero-order valence-electron chi connectivity index (χ0n) is 8.86. The van der Waals surface area contributed by atoms with Crippen molar-refractivity contribution in [3.8, 4) is 0 Å². The molecule has 0 spiro atoms. The van der Waals surface area contributed by atoms with Crippen LogP contribution in [-0.2, 0) is 11.3 Å². The first kappa shape index (κ1) is 11.0. The van der Waals surface area contributed by atoms with Crippen molar-refractivity contribution in [1.82, 2.24) is 0 Å². The van der Waals surface area contributed by atoms with Crippen LogP contribution < -0.4 is 4.90 Å². The third-order valence-corrected chi connectivity index (χ3v) is 3.58. The van der Waals surface area contributed by atoms with E-state index in [1.807, 2.05) is 0 Å². The Morgan fingerprint density at radius 2 is 2.12 bits per heavy atom. The fourth-order valence-corrected chi connectivity index (χ4v) is 2.36. The van der Waals surface area contributed by atoms with Crippen LogP contribution in [0.1, 0.15) is 17.3 Å². The molecular weight excluding hydrogens is 229 g/mol. The molecule has 0 saturated carbocycles. The second-order valence-corrected chi connectivity index (χ2v) is 4.29.